The van der Waals surface area contributed by atoms with Gasteiger partial charge in [0.15, 0.2) is 0 Å². The van der Waals surface area contributed by atoms with Gasteiger partial charge in [0, 0.05) is 69.3 Å². The maximum absolute atomic E-state index is 15.4. The second kappa shape index (κ2) is 37.0. The minimum Gasteiger partial charge on any atom is -0.459 e. The number of hydrogen-bond donors (Lipinski definition) is 4. The predicted octanol–water partition coefficient (Wildman–Crippen LogP) is 3.46. The van der Waals surface area contributed by atoms with Crippen molar-refractivity contribution in [3.8, 4) is 0 Å². The molecule has 1 heterocycles. The third-order valence-corrected chi connectivity index (χ3v) is 17.0. The fourth-order valence-electron chi connectivity index (χ4n) is 11.5. The van der Waals surface area contributed by atoms with E-state index in [-0.39, 0.29) is 56.5 Å². The topological polar surface area (TPSA) is 294 Å². The van der Waals surface area contributed by atoms with E-state index in [0.717, 1.165) is 9.80 Å². The van der Waals surface area contributed by atoms with Gasteiger partial charge in [-0.15, -0.1) is 0 Å². The van der Waals surface area contributed by atoms with Gasteiger partial charge in [0.25, 0.3) is 0 Å². The summed E-state index contributed by atoms with van der Waals surface area (Å²) in [5.41, 5.74) is 0. The van der Waals surface area contributed by atoms with Crippen LogP contribution in [0.2, 0.25) is 0 Å². The van der Waals surface area contributed by atoms with Gasteiger partial charge >= 0.3 is 5.97 Å². The average Bonchev–Trinajstić information content (AvgIpc) is 2.72. The van der Waals surface area contributed by atoms with Crippen molar-refractivity contribution in [2.45, 2.75) is 229 Å². The monoisotopic (exact) mass is 1270 g/mol. The van der Waals surface area contributed by atoms with Crippen LogP contribution in [0.4, 0.5) is 0 Å². The first-order chi connectivity index (χ1) is 41.6. The molecule has 1 fully saturated rings. The minimum absolute atomic E-state index is 0.0202. The van der Waals surface area contributed by atoms with Crippen LogP contribution in [0, 0.1) is 41.4 Å². The Hall–Kier alpha value is -6.66. The molecule has 4 N–H and O–H groups in total. The summed E-state index contributed by atoms with van der Waals surface area (Å²) in [6.45, 7) is 30.3. The van der Waals surface area contributed by atoms with Crippen molar-refractivity contribution < 1.29 is 67.0 Å². The molecule has 11 amide bonds. The van der Waals surface area contributed by atoms with Crippen LogP contribution in [0.3, 0.4) is 0 Å². The van der Waals surface area contributed by atoms with Gasteiger partial charge in [0.05, 0.1) is 6.61 Å². The highest BCUT2D eigenvalue weighted by Gasteiger charge is 2.47. The van der Waals surface area contributed by atoms with Crippen LogP contribution in [-0.2, 0) is 67.0 Å². The normalized spacial score (nSPS) is 27.1. The molecule has 0 aromatic carbocycles. The van der Waals surface area contributed by atoms with Gasteiger partial charge in [-0.3, -0.25) is 57.5 Å². The first-order valence-corrected chi connectivity index (χ1v) is 31.9. The molecule has 90 heavy (non-hydrogen) atoms. The molecule has 25 nitrogen and oxygen atoms in total. The smallest absolute Gasteiger partial charge is 0.303 e. The zero-order valence-electron chi connectivity index (χ0n) is 59.2. The lowest BCUT2D eigenvalue weighted by molar-refractivity contribution is -0.164. The summed E-state index contributed by atoms with van der Waals surface area (Å²) in [6, 6.07) is -14.1. The lowest BCUT2D eigenvalue weighted by Crippen LogP contribution is -2.64. The predicted molar refractivity (Wildman–Crippen MR) is 344 cm³/mol. The fourth-order valence-corrected chi connectivity index (χ4v) is 11.5. The number of carbonyl (C=O) groups is 12. The summed E-state index contributed by atoms with van der Waals surface area (Å²) >= 11 is 0. The Bertz CT molecular complexity index is 2510. The molecule has 0 aromatic rings. The molecule has 14 atom stereocenters. The largest absolute Gasteiger partial charge is 0.459 e. The highest BCUT2D eigenvalue weighted by Crippen LogP contribution is 2.27. The van der Waals surface area contributed by atoms with E-state index in [2.05, 4.69) is 21.3 Å². The third-order valence-electron chi connectivity index (χ3n) is 17.0. The van der Waals surface area contributed by atoms with Crippen molar-refractivity contribution in [1.29, 1.82) is 0 Å². The summed E-state index contributed by atoms with van der Waals surface area (Å²) in [5, 5.41) is 11.0. The number of amides is 11. The van der Waals surface area contributed by atoms with Crippen LogP contribution in [0.1, 0.15) is 157 Å². The number of allylic oxidation sites excluding steroid dienone is 2. The van der Waals surface area contributed by atoms with Gasteiger partial charge in [0.2, 0.25) is 65.0 Å². The van der Waals surface area contributed by atoms with E-state index < -0.39 is 167 Å². The molecule has 0 radical (unpaired) electrons. The third kappa shape index (κ3) is 22.0. The number of rotatable bonds is 17. The standard InChI is InChI=1S/C65H115N11O14/c1-27-29-30-40(13)54(90-45(18)77)53-58(81)68-46(28-2)61(84)70(19)44(17)60(83)75(24)52(41(14)34-89-26)57(80)69-50(38(9)10)64(87)71(20)47(31-35(3)4)56(79)66-42(15)55(78)67-43(16)59(82)72(21)48(32-36(5)6)62(85)73(22)49(33-37(7)8)63(86)74(23)51(39(11)12)65(88)76(53)25/h27,29,35-44,46-54H,28,30-34H2,1-26H3,(H,66,79)(H,67,78)(H,68,81)(H,69,80). The number of nitrogens with one attached hydrogen (secondary N) is 4. The second-order valence-corrected chi connectivity index (χ2v) is 26.8. The molecule has 0 saturated carbocycles. The van der Waals surface area contributed by atoms with Crippen LogP contribution in [0.5, 0.6) is 0 Å². The maximum Gasteiger partial charge on any atom is 0.303 e. The summed E-state index contributed by atoms with van der Waals surface area (Å²) in [6.07, 6.45) is 2.92. The Kier molecular flexibility index (Phi) is 33.4. The highest BCUT2D eigenvalue weighted by molar-refractivity contribution is 6.00. The Balaban J connectivity index is 4.52. The van der Waals surface area contributed by atoms with Crippen molar-refractivity contribution in [1.82, 2.24) is 55.6 Å². The van der Waals surface area contributed by atoms with Gasteiger partial charge in [-0.2, -0.15) is 0 Å². The first kappa shape index (κ1) is 81.4. The van der Waals surface area contributed by atoms with Crippen LogP contribution >= 0.6 is 0 Å². The Morgan fingerprint density at radius 3 is 1.39 bits per heavy atom. The molecule has 1 rings (SSSR count). The van der Waals surface area contributed by atoms with Crippen molar-refractivity contribution in [2.75, 3.05) is 63.1 Å². The van der Waals surface area contributed by atoms with Gasteiger partial charge in [-0.1, -0.05) is 102 Å². The summed E-state index contributed by atoms with van der Waals surface area (Å²) in [7, 11) is 11.3. The Morgan fingerprint density at radius 2 is 0.933 bits per heavy atom. The average molecular weight is 1270 g/mol. The Morgan fingerprint density at radius 1 is 0.489 bits per heavy atom. The number of likely N-dealkylation sites (N-methyl/N-ethyl adjacent to an activating group) is 7. The number of hydrogen-bond acceptors (Lipinski definition) is 14. The molecule has 0 aromatic heterocycles. The van der Waals surface area contributed by atoms with Crippen LogP contribution in [0.25, 0.3) is 0 Å². The second-order valence-electron chi connectivity index (χ2n) is 26.8. The van der Waals surface area contributed by atoms with Crippen LogP contribution in [0.15, 0.2) is 12.2 Å². The van der Waals surface area contributed by atoms with E-state index in [0.29, 0.717) is 0 Å². The zero-order valence-corrected chi connectivity index (χ0v) is 59.2. The maximum atomic E-state index is 15.4. The molecule has 25 heteroatoms. The molecular formula is C65H115N11O14. The lowest BCUT2D eigenvalue weighted by Gasteiger charge is -2.42. The van der Waals surface area contributed by atoms with E-state index in [1.54, 1.807) is 61.5 Å². The van der Waals surface area contributed by atoms with Crippen LogP contribution < -0.4 is 21.3 Å². The van der Waals surface area contributed by atoms with Crippen molar-refractivity contribution in [3.63, 3.8) is 0 Å². The fraction of sp³-hybridized carbons (Fsp3) is 0.785. The van der Waals surface area contributed by atoms with Gasteiger partial charge in [0.1, 0.15) is 72.6 Å². The zero-order chi connectivity index (χ0) is 69.8. The molecule has 514 valence electrons. The molecule has 1 aliphatic rings. The summed E-state index contributed by atoms with van der Waals surface area (Å²) in [5.74, 6) is -11.6. The number of esters is 1. The molecule has 1 saturated heterocycles. The van der Waals surface area contributed by atoms with Crippen molar-refractivity contribution >= 4 is 70.9 Å². The lowest BCUT2D eigenvalue weighted by atomic mass is 9.91. The highest BCUT2D eigenvalue weighted by atomic mass is 16.5. The van der Waals surface area contributed by atoms with E-state index in [4.69, 9.17) is 9.47 Å². The Labute approximate surface area is 537 Å². The van der Waals surface area contributed by atoms with Gasteiger partial charge in [-0.25, -0.2) is 0 Å². The summed E-state index contributed by atoms with van der Waals surface area (Å²) in [4.78, 5) is 184. The molecule has 14 unspecified atom stereocenters. The number of nitrogens with zero attached hydrogens (tertiary/aromatic N) is 7. The van der Waals surface area contributed by atoms with E-state index >= 15 is 19.2 Å². The number of carbonyl (C=O) groups excluding carboxylic acids is 12. The van der Waals surface area contributed by atoms with E-state index in [1.165, 1.54) is 109 Å². The quantitative estimate of drug-likeness (QED) is 0.120. The molecule has 1 aliphatic heterocycles. The number of ether oxygens (including phenoxy) is 2. The molecule has 0 spiro atoms. The first-order valence-electron chi connectivity index (χ1n) is 31.9. The number of methoxy groups -OCH3 is 1. The van der Waals surface area contributed by atoms with E-state index in [9.17, 15) is 38.4 Å². The molecule has 0 aliphatic carbocycles. The van der Waals surface area contributed by atoms with Crippen molar-refractivity contribution in [2.24, 2.45) is 41.4 Å². The molecule has 0 bridgehead atoms. The van der Waals surface area contributed by atoms with Crippen molar-refractivity contribution in [3.05, 3.63) is 12.2 Å². The van der Waals surface area contributed by atoms with Gasteiger partial charge < -0.3 is 65.0 Å². The summed E-state index contributed by atoms with van der Waals surface area (Å²) < 4.78 is 11.4. The van der Waals surface area contributed by atoms with E-state index in [1.807, 2.05) is 47.6 Å². The van der Waals surface area contributed by atoms with Gasteiger partial charge in [-0.05, 0) is 95.3 Å². The molecular weight excluding hydrogens is 1160 g/mol. The minimum atomic E-state index is -1.63. The van der Waals surface area contributed by atoms with Crippen LogP contribution in [-0.4, -0.2) is 241 Å². The SMILES string of the molecule is CC=CCC(C)C(OC(C)=O)C1C(=O)NC(CC)C(=O)N(C)C(C)C(=O)N(C)C(C(C)COC)C(=O)NC(C(C)C)C(=O)N(C)C(CC(C)C)C(=O)NC(C)C(=O)NC(C)C(=O)N(C)C(CC(C)C)C(=O)N(C)C(CC(C)C)C(=O)N(C)C(C(C)C)C(=O)N1C.